The number of esters is 1. The minimum atomic E-state index is -0.733. The van der Waals surface area contributed by atoms with Crippen LogP contribution in [0.1, 0.15) is 15.9 Å². The van der Waals surface area contributed by atoms with Crippen LogP contribution < -0.4 is 5.32 Å². The fraction of sp³-hybridized carbons (Fsp3) is 0.0500. The molecule has 5 nitrogen and oxygen atoms in total. The third-order valence-corrected chi connectivity index (χ3v) is 3.49. The Morgan fingerprint density at radius 2 is 1.96 bits per heavy atom. The first-order chi connectivity index (χ1) is 12.5. The van der Waals surface area contributed by atoms with Gasteiger partial charge in [-0.2, -0.15) is 5.26 Å². The normalized spacial score (nSPS) is 10.5. The van der Waals surface area contributed by atoms with Gasteiger partial charge in [0.2, 0.25) is 0 Å². The molecule has 0 aliphatic carbocycles. The number of nitrogens with zero attached hydrogens (tertiary/aromatic N) is 1. The maximum Gasteiger partial charge on any atom is 0.349 e. The number of hydrogen-bond donors (Lipinski definition) is 1. The Morgan fingerprint density at radius 1 is 1.23 bits per heavy atom. The fourth-order valence-electron chi connectivity index (χ4n) is 2.03. The summed E-state index contributed by atoms with van der Waals surface area (Å²) in [6.07, 6.45) is 2.81. The van der Waals surface area contributed by atoms with Crippen LogP contribution >= 0.6 is 11.6 Å². The van der Waals surface area contributed by atoms with Gasteiger partial charge in [-0.15, -0.1) is 0 Å². The van der Waals surface area contributed by atoms with Gasteiger partial charge in [0.05, 0.1) is 0 Å². The number of nitrogens with one attached hydrogen (secondary N) is 1. The predicted octanol–water partition coefficient (Wildman–Crippen LogP) is 4.23. The number of benzene rings is 2. The molecular weight excluding hydrogens is 352 g/mol. The molecule has 26 heavy (non-hydrogen) atoms. The zero-order valence-corrected chi connectivity index (χ0v) is 14.5. The van der Waals surface area contributed by atoms with Gasteiger partial charge in [-0.25, -0.2) is 4.79 Å². The number of carbonyl (C=O) groups excluding carboxylic acids is 2. The van der Waals surface area contributed by atoms with E-state index in [9.17, 15) is 9.59 Å². The Morgan fingerprint density at radius 3 is 2.62 bits per heavy atom. The standard InChI is InChI=1S/C20H15ClN2O3/c1-2-10-26-20(25)16(13-22)11-14-4-3-5-18(12-14)23-19(24)15-6-8-17(21)9-7-15/h2-9,11-12H,1,10H2,(H,23,24)/b16-11+. The molecular formula is C20H15ClN2O3. The Kier molecular flexibility index (Phi) is 6.72. The van der Waals surface area contributed by atoms with Crippen molar-refractivity contribution in [3.05, 3.63) is 82.9 Å². The van der Waals surface area contributed by atoms with Crippen LogP contribution in [-0.2, 0) is 9.53 Å². The molecule has 2 rings (SSSR count). The van der Waals surface area contributed by atoms with Crippen LogP contribution in [0, 0.1) is 11.3 Å². The molecule has 0 spiro atoms. The number of nitriles is 1. The third kappa shape index (κ3) is 5.33. The van der Waals surface area contributed by atoms with Crippen molar-refractivity contribution in [1.82, 2.24) is 0 Å². The van der Waals surface area contributed by atoms with Crippen molar-refractivity contribution in [3.63, 3.8) is 0 Å². The number of rotatable bonds is 6. The molecule has 0 bridgehead atoms. The summed E-state index contributed by atoms with van der Waals surface area (Å²) in [5, 5.41) is 12.4. The number of halogens is 1. The summed E-state index contributed by atoms with van der Waals surface area (Å²) in [5.74, 6) is -1.03. The molecule has 0 fully saturated rings. The second kappa shape index (κ2) is 9.21. The summed E-state index contributed by atoms with van der Waals surface area (Å²) in [7, 11) is 0. The van der Waals surface area contributed by atoms with E-state index in [1.165, 1.54) is 12.2 Å². The number of ether oxygens (including phenoxy) is 1. The molecule has 0 aliphatic rings. The third-order valence-electron chi connectivity index (χ3n) is 3.23. The lowest BCUT2D eigenvalue weighted by Gasteiger charge is -2.07. The molecule has 0 saturated carbocycles. The molecule has 6 heteroatoms. The van der Waals surface area contributed by atoms with Crippen LogP contribution in [0.3, 0.4) is 0 Å². The van der Waals surface area contributed by atoms with Gasteiger partial charge in [0, 0.05) is 16.3 Å². The number of hydrogen-bond acceptors (Lipinski definition) is 4. The Bertz CT molecular complexity index is 896. The maximum atomic E-state index is 12.2. The number of amides is 1. The van der Waals surface area contributed by atoms with Gasteiger partial charge in [0.1, 0.15) is 18.2 Å². The summed E-state index contributed by atoms with van der Waals surface area (Å²) in [6, 6.07) is 15.0. The molecule has 1 amide bonds. The van der Waals surface area contributed by atoms with E-state index in [1.807, 2.05) is 0 Å². The lowest BCUT2D eigenvalue weighted by atomic mass is 10.1. The average Bonchev–Trinajstić information content (AvgIpc) is 2.65. The Hall–Kier alpha value is -3.36. The highest BCUT2D eigenvalue weighted by Crippen LogP contribution is 2.16. The van der Waals surface area contributed by atoms with E-state index in [0.29, 0.717) is 21.8 Å². The first-order valence-corrected chi connectivity index (χ1v) is 7.98. The first-order valence-electron chi connectivity index (χ1n) is 7.60. The molecule has 0 atom stereocenters. The van der Waals surface area contributed by atoms with Crippen LogP contribution in [0.4, 0.5) is 5.69 Å². The van der Waals surface area contributed by atoms with Crippen LogP contribution in [0.15, 0.2) is 66.8 Å². The summed E-state index contributed by atoms with van der Waals surface area (Å²) < 4.78 is 4.85. The first kappa shape index (κ1) is 19.0. The Balaban J connectivity index is 2.16. The maximum absolute atomic E-state index is 12.2. The van der Waals surface area contributed by atoms with Gasteiger partial charge in [-0.3, -0.25) is 4.79 Å². The van der Waals surface area contributed by atoms with E-state index in [4.69, 9.17) is 21.6 Å². The van der Waals surface area contributed by atoms with Crippen molar-refractivity contribution < 1.29 is 14.3 Å². The van der Waals surface area contributed by atoms with Crippen LogP contribution in [0.25, 0.3) is 6.08 Å². The zero-order valence-electron chi connectivity index (χ0n) is 13.7. The minimum absolute atomic E-state index is 0.0229. The van der Waals surface area contributed by atoms with E-state index in [0.717, 1.165) is 0 Å². The molecule has 0 aliphatic heterocycles. The van der Waals surface area contributed by atoms with Crippen molar-refractivity contribution in [2.45, 2.75) is 0 Å². The smallest absolute Gasteiger partial charge is 0.349 e. The van der Waals surface area contributed by atoms with Gasteiger partial charge >= 0.3 is 5.97 Å². The lowest BCUT2D eigenvalue weighted by molar-refractivity contribution is -0.137. The van der Waals surface area contributed by atoms with Crippen molar-refractivity contribution in [2.24, 2.45) is 0 Å². The molecule has 2 aromatic carbocycles. The fourth-order valence-corrected chi connectivity index (χ4v) is 2.15. The zero-order chi connectivity index (χ0) is 18.9. The van der Waals surface area contributed by atoms with Crippen molar-refractivity contribution in [3.8, 4) is 6.07 Å². The molecule has 2 aromatic rings. The summed E-state index contributed by atoms with van der Waals surface area (Å²) in [5.41, 5.74) is 1.41. The van der Waals surface area contributed by atoms with Gasteiger partial charge in [0.15, 0.2) is 0 Å². The minimum Gasteiger partial charge on any atom is -0.457 e. The molecule has 130 valence electrons. The average molecular weight is 367 g/mol. The topological polar surface area (TPSA) is 79.2 Å². The molecule has 0 unspecified atom stereocenters. The molecule has 1 N–H and O–H groups in total. The number of carbonyl (C=O) groups is 2. The van der Waals surface area contributed by atoms with Crippen molar-refractivity contribution in [1.29, 1.82) is 5.26 Å². The highest BCUT2D eigenvalue weighted by molar-refractivity contribution is 6.30. The lowest BCUT2D eigenvalue weighted by Crippen LogP contribution is -2.11. The van der Waals surface area contributed by atoms with Crippen LogP contribution in [-0.4, -0.2) is 18.5 Å². The van der Waals surface area contributed by atoms with Gasteiger partial charge in [-0.1, -0.05) is 36.4 Å². The SMILES string of the molecule is C=CCOC(=O)/C(C#N)=C/c1cccc(NC(=O)c2ccc(Cl)cc2)c1. The second-order valence-electron chi connectivity index (χ2n) is 5.14. The highest BCUT2D eigenvalue weighted by atomic mass is 35.5. The second-order valence-corrected chi connectivity index (χ2v) is 5.58. The molecule has 0 radical (unpaired) electrons. The molecule has 0 saturated heterocycles. The van der Waals surface area contributed by atoms with Gasteiger partial charge in [-0.05, 0) is 48.0 Å². The quantitative estimate of drug-likeness (QED) is 0.359. The molecule has 0 aromatic heterocycles. The van der Waals surface area contributed by atoms with E-state index < -0.39 is 5.97 Å². The number of anilines is 1. The van der Waals surface area contributed by atoms with E-state index in [1.54, 1.807) is 54.6 Å². The van der Waals surface area contributed by atoms with Crippen LogP contribution in [0.5, 0.6) is 0 Å². The summed E-state index contributed by atoms with van der Waals surface area (Å²) in [6.45, 7) is 3.47. The summed E-state index contributed by atoms with van der Waals surface area (Å²) in [4.78, 5) is 24.0. The Labute approximate surface area is 156 Å². The van der Waals surface area contributed by atoms with Crippen molar-refractivity contribution >= 4 is 35.2 Å². The largest absolute Gasteiger partial charge is 0.457 e. The summed E-state index contributed by atoms with van der Waals surface area (Å²) >= 11 is 5.81. The highest BCUT2D eigenvalue weighted by Gasteiger charge is 2.10. The van der Waals surface area contributed by atoms with Gasteiger partial charge in [0.25, 0.3) is 5.91 Å². The van der Waals surface area contributed by atoms with E-state index >= 15 is 0 Å². The monoisotopic (exact) mass is 366 g/mol. The van der Waals surface area contributed by atoms with E-state index in [2.05, 4.69) is 11.9 Å². The van der Waals surface area contributed by atoms with E-state index in [-0.39, 0.29) is 18.1 Å². The van der Waals surface area contributed by atoms with Crippen LogP contribution in [0.2, 0.25) is 5.02 Å². The van der Waals surface area contributed by atoms with Gasteiger partial charge < -0.3 is 10.1 Å². The predicted molar refractivity (Wildman–Crippen MR) is 101 cm³/mol. The molecule has 0 heterocycles. The van der Waals surface area contributed by atoms with Crippen molar-refractivity contribution in [2.75, 3.05) is 11.9 Å².